The summed E-state index contributed by atoms with van der Waals surface area (Å²) in [5, 5.41) is 0. The van der Waals surface area contributed by atoms with E-state index in [2.05, 4.69) is 9.88 Å². The minimum Gasteiger partial charge on any atom is -0.163 e. The van der Waals surface area contributed by atoms with Crippen molar-refractivity contribution in [3.05, 3.63) is 9.88 Å². The van der Waals surface area contributed by atoms with Gasteiger partial charge in [0.05, 0.1) is 0 Å². The molecule has 0 nitrogen and oxygen atoms in total. The van der Waals surface area contributed by atoms with Crippen LogP contribution in [0.4, 0.5) is 0 Å². The van der Waals surface area contributed by atoms with E-state index in [1.165, 1.54) is 0 Å². The third kappa shape index (κ3) is 2.79. The molecular weight excluding hydrogens is 107 g/mol. The predicted octanol–water partition coefficient (Wildman–Crippen LogP) is -0.0948. The van der Waals surface area contributed by atoms with Crippen molar-refractivity contribution in [2.75, 3.05) is 0 Å². The molecule has 1 aliphatic rings. The van der Waals surface area contributed by atoms with Gasteiger partial charge >= 0.3 is 0 Å². The Balaban J connectivity index is 0.0000000900. The Kier molecular flexibility index (Phi) is 2.46. The monoisotopic (exact) mass is 110 g/mol. The molecule has 0 saturated heterocycles. The van der Waals surface area contributed by atoms with Gasteiger partial charge in [-0.2, -0.15) is 9.88 Å². The second kappa shape index (κ2) is 2.06. The van der Waals surface area contributed by atoms with Crippen molar-refractivity contribution >= 4 is 15.2 Å². The molecule has 0 aromatic rings. The predicted molar refractivity (Wildman–Crippen MR) is 16.3 cm³/mol. The number of rotatable bonds is 0. The van der Waals surface area contributed by atoms with E-state index in [0.29, 0.717) is 15.2 Å². The van der Waals surface area contributed by atoms with Crippen molar-refractivity contribution in [3.8, 4) is 0 Å². The molecule has 1 heterocycles. The molecule has 0 radical (unpaired) electrons. The Morgan fingerprint density at radius 1 is 1.25 bits per heavy atom. The Morgan fingerprint density at radius 2 is 1.50 bits per heavy atom. The second-order valence-corrected chi connectivity index (χ2v) is 2.12. The van der Waals surface area contributed by atoms with Gasteiger partial charge in [-0.3, -0.25) is 0 Å². The zero-order valence-corrected chi connectivity index (χ0v) is 4.73. The Labute approximate surface area is 42.5 Å². The van der Waals surface area contributed by atoms with Gasteiger partial charge in [-0.25, -0.2) is 0 Å². The van der Waals surface area contributed by atoms with E-state index in [0.717, 1.165) is 0 Å². The minimum atomic E-state index is 0. The molecule has 0 fully saturated rings. The van der Waals surface area contributed by atoms with Gasteiger partial charge in [0.15, 0.2) is 0 Å². The molecule has 0 aromatic carbocycles. The topological polar surface area (TPSA) is 0 Å². The van der Waals surface area contributed by atoms with Gasteiger partial charge in [-0.15, -0.1) is 0 Å². The largest absolute Gasteiger partial charge is 0.297 e. The SMILES string of the molecule is [CH]1=[CH][AlH]1.[Fe]. The van der Waals surface area contributed by atoms with Gasteiger partial charge in [0.25, 0.3) is 15.2 Å². The van der Waals surface area contributed by atoms with E-state index in [-0.39, 0.29) is 17.1 Å². The van der Waals surface area contributed by atoms with E-state index < -0.39 is 0 Å². The average Bonchev–Trinajstić information content (AvgIpc) is 1.46. The maximum absolute atomic E-state index is 2.26. The van der Waals surface area contributed by atoms with Crippen LogP contribution in [-0.2, 0) is 17.1 Å². The molecule has 0 unspecified atom stereocenters. The third-order valence-corrected chi connectivity index (χ3v) is 0.707. The van der Waals surface area contributed by atoms with Gasteiger partial charge < -0.3 is 0 Å². The summed E-state index contributed by atoms with van der Waals surface area (Å²) in [4.78, 5) is 4.53. The van der Waals surface area contributed by atoms with E-state index in [1.54, 1.807) is 0 Å². The fourth-order valence-corrected chi connectivity index (χ4v) is 0. The van der Waals surface area contributed by atoms with Crippen molar-refractivity contribution < 1.29 is 17.1 Å². The van der Waals surface area contributed by atoms with Crippen LogP contribution in [0.5, 0.6) is 0 Å². The van der Waals surface area contributed by atoms with Crippen molar-refractivity contribution in [2.24, 2.45) is 0 Å². The zero-order chi connectivity index (χ0) is 2.12. The Hall–Kier alpha value is 0.792. The molecular formula is C2H3AlFe. The summed E-state index contributed by atoms with van der Waals surface area (Å²) >= 11 is 0.417. The van der Waals surface area contributed by atoms with Crippen LogP contribution in [0, 0.1) is 0 Å². The molecule has 0 saturated carbocycles. The molecule has 0 N–H and O–H groups in total. The number of hydrogen-bond acceptors (Lipinski definition) is 0. The Bertz CT molecular complexity index is 29.0. The van der Waals surface area contributed by atoms with Gasteiger partial charge in [-0.1, -0.05) is 0 Å². The van der Waals surface area contributed by atoms with Crippen LogP contribution < -0.4 is 0 Å². The first-order valence-electron chi connectivity index (χ1n) is 1.15. The quantitative estimate of drug-likeness (QED) is 0.382. The summed E-state index contributed by atoms with van der Waals surface area (Å²) in [6.07, 6.45) is 0. The van der Waals surface area contributed by atoms with Crippen LogP contribution in [0.15, 0.2) is 9.88 Å². The van der Waals surface area contributed by atoms with E-state index in [1.807, 2.05) is 0 Å². The molecule has 0 aliphatic carbocycles. The molecule has 1 aliphatic heterocycles. The number of hydrogen-bond donors (Lipinski definition) is 0. The molecule has 22 valence electrons. The van der Waals surface area contributed by atoms with Crippen molar-refractivity contribution in [2.45, 2.75) is 0 Å². The van der Waals surface area contributed by atoms with E-state index >= 15 is 0 Å². The molecule has 2 heteroatoms. The maximum Gasteiger partial charge on any atom is 0.297 e. The van der Waals surface area contributed by atoms with Crippen LogP contribution >= 0.6 is 0 Å². The van der Waals surface area contributed by atoms with Gasteiger partial charge in [0, 0.05) is 17.1 Å². The van der Waals surface area contributed by atoms with E-state index in [9.17, 15) is 0 Å². The van der Waals surface area contributed by atoms with Crippen LogP contribution in [0.25, 0.3) is 0 Å². The van der Waals surface area contributed by atoms with Gasteiger partial charge in [-0.05, 0) is 0 Å². The molecule has 1 rings (SSSR count). The summed E-state index contributed by atoms with van der Waals surface area (Å²) in [5.41, 5.74) is 0. The summed E-state index contributed by atoms with van der Waals surface area (Å²) < 4.78 is 0. The minimum absolute atomic E-state index is 0. The fraction of sp³-hybridized carbons (Fsp3) is 0. The zero-order valence-electron chi connectivity index (χ0n) is 2.22. The summed E-state index contributed by atoms with van der Waals surface area (Å²) in [6.45, 7) is 0. The first kappa shape index (κ1) is 4.79. The Morgan fingerprint density at radius 3 is 1.50 bits per heavy atom. The average molecular weight is 110 g/mol. The molecule has 0 bridgehead atoms. The van der Waals surface area contributed by atoms with Crippen LogP contribution in [-0.4, -0.2) is 15.2 Å². The van der Waals surface area contributed by atoms with Gasteiger partial charge in [0.1, 0.15) is 0 Å². The van der Waals surface area contributed by atoms with Crippen LogP contribution in [0.1, 0.15) is 0 Å². The normalized spacial score (nSPS) is 12.0. The molecule has 0 atom stereocenters. The van der Waals surface area contributed by atoms with E-state index in [4.69, 9.17) is 0 Å². The maximum atomic E-state index is 2.26. The van der Waals surface area contributed by atoms with Crippen LogP contribution in [0.3, 0.4) is 0 Å². The first-order valence-corrected chi connectivity index (χ1v) is 2.78. The molecule has 0 spiro atoms. The molecule has 0 amide bonds. The smallest absolute Gasteiger partial charge is 0.163 e. The molecule has 4 heavy (non-hydrogen) atoms. The van der Waals surface area contributed by atoms with Gasteiger partial charge in [0.2, 0.25) is 0 Å². The summed E-state index contributed by atoms with van der Waals surface area (Å²) in [5.74, 6) is 0. The summed E-state index contributed by atoms with van der Waals surface area (Å²) in [6, 6.07) is 0. The molecule has 0 aromatic heterocycles. The van der Waals surface area contributed by atoms with Crippen molar-refractivity contribution in [3.63, 3.8) is 0 Å². The third-order valence-electron chi connectivity index (χ3n) is 0.236. The summed E-state index contributed by atoms with van der Waals surface area (Å²) in [7, 11) is 0. The van der Waals surface area contributed by atoms with Crippen LogP contribution in [0.2, 0.25) is 0 Å². The van der Waals surface area contributed by atoms with Crippen molar-refractivity contribution in [1.29, 1.82) is 0 Å². The fourth-order valence-electron chi connectivity index (χ4n) is 0. The standard InChI is InChI=1S/C2H2.Al.Fe.H/c1-2;;;/h1-2H;;;. The second-order valence-electron chi connectivity index (χ2n) is 0.707. The van der Waals surface area contributed by atoms with Crippen molar-refractivity contribution in [1.82, 2.24) is 0 Å². The first-order chi connectivity index (χ1) is 1.50.